The highest BCUT2D eigenvalue weighted by atomic mass is 35.5. The summed E-state index contributed by atoms with van der Waals surface area (Å²) in [6.07, 6.45) is 3.49. The van der Waals surface area contributed by atoms with Gasteiger partial charge in [0.1, 0.15) is 5.69 Å². The van der Waals surface area contributed by atoms with Gasteiger partial charge in [0.05, 0.1) is 5.16 Å². The molecule has 0 radical (unpaired) electrons. The van der Waals surface area contributed by atoms with Gasteiger partial charge in [-0.1, -0.05) is 67.9 Å². The first kappa shape index (κ1) is 27.6. The second-order valence-electron chi connectivity index (χ2n) is 8.79. The zero-order valence-electron chi connectivity index (χ0n) is 21.0. The van der Waals surface area contributed by atoms with Crippen LogP contribution in [0, 0.1) is 0 Å². The third-order valence-electron chi connectivity index (χ3n) is 6.60. The number of halogens is 1. The molecule has 196 valence electrons. The van der Waals surface area contributed by atoms with Crippen molar-refractivity contribution in [2.75, 3.05) is 5.32 Å². The lowest BCUT2D eigenvalue weighted by Crippen LogP contribution is -2.24. The summed E-state index contributed by atoms with van der Waals surface area (Å²) in [7, 11) is -4.39. The summed E-state index contributed by atoms with van der Waals surface area (Å²) in [5, 5.41) is 2.11. The average Bonchev–Trinajstić information content (AvgIpc) is 3.34. The van der Waals surface area contributed by atoms with Crippen LogP contribution in [0.5, 0.6) is 0 Å². The van der Waals surface area contributed by atoms with E-state index in [1.165, 1.54) is 6.08 Å². The lowest BCUT2D eigenvalue weighted by molar-refractivity contribution is -0.111. The molecule has 4 aromatic rings. The molecule has 3 N–H and O–H groups in total. The number of benzene rings is 3. The molecule has 0 aliphatic rings. The molecule has 0 aliphatic heterocycles. The lowest BCUT2D eigenvalue weighted by atomic mass is 9.92. The van der Waals surface area contributed by atoms with Gasteiger partial charge in [0.25, 0.3) is 0 Å². The molecule has 9 heteroatoms. The highest BCUT2D eigenvalue weighted by Crippen LogP contribution is 2.60. The minimum absolute atomic E-state index is 0.292. The zero-order valence-corrected chi connectivity index (χ0v) is 22.6. The van der Waals surface area contributed by atoms with Crippen LogP contribution < -0.4 is 5.32 Å². The first-order chi connectivity index (χ1) is 18.2. The van der Waals surface area contributed by atoms with E-state index in [4.69, 9.17) is 16.0 Å². The van der Waals surface area contributed by atoms with Crippen molar-refractivity contribution in [2.45, 2.75) is 31.8 Å². The molecule has 0 fully saturated rings. The van der Waals surface area contributed by atoms with Crippen molar-refractivity contribution in [3.05, 3.63) is 101 Å². The van der Waals surface area contributed by atoms with E-state index >= 15 is 0 Å². The van der Waals surface area contributed by atoms with E-state index in [1.54, 1.807) is 56.3 Å². The molecule has 0 unspecified atom stereocenters. The predicted octanol–water partition coefficient (Wildman–Crippen LogP) is 7.51. The number of amides is 1. The minimum Gasteiger partial charge on any atom is -0.436 e. The van der Waals surface area contributed by atoms with E-state index in [0.717, 1.165) is 11.1 Å². The van der Waals surface area contributed by atoms with Crippen molar-refractivity contribution < 1.29 is 23.6 Å². The molecule has 0 aliphatic carbocycles. The van der Waals surface area contributed by atoms with Gasteiger partial charge in [0.15, 0.2) is 5.76 Å². The molecule has 0 saturated heterocycles. The molecule has 0 saturated carbocycles. The minimum atomic E-state index is -4.39. The molecule has 0 bridgehead atoms. The summed E-state index contributed by atoms with van der Waals surface area (Å²) in [6, 6.07) is 23.2. The Morgan fingerprint density at radius 3 is 2.18 bits per heavy atom. The molecular weight excluding hydrogens is 523 g/mol. The Bertz CT molecular complexity index is 1470. The maximum atomic E-state index is 12.7. The van der Waals surface area contributed by atoms with Crippen LogP contribution >= 0.6 is 19.2 Å². The Morgan fingerprint density at radius 2 is 1.61 bits per heavy atom. The van der Waals surface area contributed by atoms with Crippen LogP contribution in [-0.2, 0) is 14.5 Å². The Labute approximate surface area is 226 Å². The molecule has 3 aromatic carbocycles. The second-order valence-corrected chi connectivity index (χ2v) is 11.2. The van der Waals surface area contributed by atoms with E-state index in [1.807, 2.05) is 42.5 Å². The van der Waals surface area contributed by atoms with Crippen molar-refractivity contribution in [1.29, 1.82) is 0 Å². The number of carbonyl (C=O) groups is 1. The molecule has 1 heterocycles. The van der Waals surface area contributed by atoms with Gasteiger partial charge in [0.2, 0.25) is 11.8 Å². The topological polar surface area (TPSA) is 113 Å². The van der Waals surface area contributed by atoms with Crippen molar-refractivity contribution >= 4 is 36.9 Å². The Hall–Kier alpha value is -3.48. The fourth-order valence-corrected chi connectivity index (χ4v) is 5.84. The second kappa shape index (κ2) is 11.5. The van der Waals surface area contributed by atoms with E-state index in [9.17, 15) is 19.1 Å². The summed E-state index contributed by atoms with van der Waals surface area (Å²) in [6.45, 7) is 3.52. The van der Waals surface area contributed by atoms with Crippen molar-refractivity contribution in [3.8, 4) is 22.7 Å². The normalized spacial score (nSPS) is 12.1. The van der Waals surface area contributed by atoms with Gasteiger partial charge in [-0.3, -0.25) is 9.36 Å². The smallest absolute Gasteiger partial charge is 0.335 e. The van der Waals surface area contributed by atoms with Crippen LogP contribution in [0.25, 0.3) is 28.8 Å². The van der Waals surface area contributed by atoms with Gasteiger partial charge in [-0.25, -0.2) is 4.98 Å². The average molecular weight is 551 g/mol. The van der Waals surface area contributed by atoms with Gasteiger partial charge < -0.3 is 19.5 Å². The molecule has 0 spiro atoms. The first-order valence-electron chi connectivity index (χ1n) is 12.1. The van der Waals surface area contributed by atoms with Crippen LogP contribution in [0.4, 0.5) is 5.69 Å². The lowest BCUT2D eigenvalue weighted by Gasteiger charge is -2.33. The van der Waals surface area contributed by atoms with Gasteiger partial charge in [-0.2, -0.15) is 0 Å². The number of nitrogens with zero attached hydrogens (tertiary/aromatic N) is 1. The predicted molar refractivity (Wildman–Crippen MR) is 151 cm³/mol. The van der Waals surface area contributed by atoms with Crippen LogP contribution in [0.2, 0.25) is 5.02 Å². The van der Waals surface area contributed by atoms with Crippen LogP contribution in [0.1, 0.15) is 38.0 Å². The fraction of sp³-hybridized carbons (Fsp3) is 0.172. The number of oxazole rings is 1. The quantitative estimate of drug-likeness (QED) is 0.147. The Morgan fingerprint density at radius 1 is 0.974 bits per heavy atom. The summed E-state index contributed by atoms with van der Waals surface area (Å²) in [4.78, 5) is 37.3. The molecule has 1 aromatic heterocycles. The third kappa shape index (κ3) is 5.82. The van der Waals surface area contributed by atoms with E-state index in [-0.39, 0.29) is 0 Å². The zero-order chi connectivity index (χ0) is 27.3. The van der Waals surface area contributed by atoms with E-state index in [2.05, 4.69) is 10.3 Å². The van der Waals surface area contributed by atoms with Gasteiger partial charge >= 0.3 is 7.60 Å². The summed E-state index contributed by atoms with van der Waals surface area (Å²) in [5.41, 5.74) is 3.19. The first-order valence-corrected chi connectivity index (χ1v) is 14.1. The third-order valence-corrected chi connectivity index (χ3v) is 8.85. The highest BCUT2D eigenvalue weighted by molar-refractivity contribution is 7.53. The van der Waals surface area contributed by atoms with Gasteiger partial charge in [-0.05, 0) is 60.9 Å². The molecule has 38 heavy (non-hydrogen) atoms. The number of rotatable bonds is 9. The molecular formula is C29H28ClN2O5P. The Kier molecular flexibility index (Phi) is 8.34. The van der Waals surface area contributed by atoms with Gasteiger partial charge in [0, 0.05) is 27.9 Å². The fourth-order valence-electron chi connectivity index (χ4n) is 4.40. The van der Waals surface area contributed by atoms with Crippen LogP contribution in [-0.4, -0.2) is 20.7 Å². The summed E-state index contributed by atoms with van der Waals surface area (Å²) in [5.74, 6) is 0.435. The summed E-state index contributed by atoms with van der Waals surface area (Å²) >= 11 is 6.04. The maximum absolute atomic E-state index is 12.7. The molecule has 1 amide bonds. The van der Waals surface area contributed by atoms with Crippen LogP contribution in [0.3, 0.4) is 0 Å². The SMILES string of the molecule is CCC(CC)(c1ccc(NC(=O)C=Cc2oc(-c3ccccc3)nc2-c2ccc(Cl)cc2)cc1)P(=O)(O)O. The number of nitrogens with one attached hydrogen (secondary N) is 1. The molecule has 4 rings (SSSR count). The van der Waals surface area contributed by atoms with E-state index < -0.39 is 18.7 Å². The number of aromatic nitrogens is 1. The number of hydrogen-bond acceptors (Lipinski definition) is 4. The number of hydrogen-bond donors (Lipinski definition) is 3. The maximum Gasteiger partial charge on any atom is 0.335 e. The Balaban J connectivity index is 1.57. The monoisotopic (exact) mass is 550 g/mol. The summed E-state index contributed by atoms with van der Waals surface area (Å²) < 4.78 is 18.2. The largest absolute Gasteiger partial charge is 0.436 e. The number of anilines is 1. The highest BCUT2D eigenvalue weighted by Gasteiger charge is 2.45. The number of carbonyl (C=O) groups excluding carboxylic acids is 1. The standard InChI is InChI=1S/C29H28ClN2O5P/c1-3-29(4-2,38(34,35)36)22-12-16-24(17-13-22)31-26(33)19-18-25-27(20-10-14-23(30)15-11-20)32-28(37-25)21-8-6-5-7-9-21/h5-19H,3-4H2,1-2H3,(H,31,33)(H2,34,35,36). The van der Waals surface area contributed by atoms with E-state index in [0.29, 0.717) is 46.5 Å². The van der Waals surface area contributed by atoms with Crippen molar-refractivity contribution in [2.24, 2.45) is 0 Å². The molecule has 7 nitrogen and oxygen atoms in total. The molecule has 0 atom stereocenters. The van der Waals surface area contributed by atoms with Crippen LogP contribution in [0.15, 0.2) is 89.4 Å². The van der Waals surface area contributed by atoms with Crippen molar-refractivity contribution in [3.63, 3.8) is 0 Å². The van der Waals surface area contributed by atoms with Crippen molar-refractivity contribution in [1.82, 2.24) is 4.98 Å². The van der Waals surface area contributed by atoms with Gasteiger partial charge in [-0.15, -0.1) is 0 Å².